The second-order valence-corrected chi connectivity index (χ2v) is 7.18. The van der Waals surface area contributed by atoms with E-state index in [1.165, 1.54) is 6.07 Å². The fourth-order valence-electron chi connectivity index (χ4n) is 3.10. The number of nitrogens with zero attached hydrogens (tertiary/aromatic N) is 3. The lowest BCUT2D eigenvalue weighted by molar-refractivity contribution is 0.0728. The highest BCUT2D eigenvalue weighted by molar-refractivity contribution is 6.31. The minimum atomic E-state index is -0.388. The molecule has 0 unspecified atom stereocenters. The zero-order valence-corrected chi connectivity index (χ0v) is 15.4. The quantitative estimate of drug-likeness (QED) is 0.627. The molecule has 1 aliphatic rings. The maximum atomic E-state index is 14.2. The third-order valence-corrected chi connectivity index (χ3v) is 5.06. The van der Waals surface area contributed by atoms with Gasteiger partial charge in [0.05, 0.1) is 24.8 Å². The minimum Gasteiger partial charge on any atom is -0.331 e. The molecular weight excluding hydrogens is 365 g/mol. The Kier molecular flexibility index (Phi) is 4.94. The monoisotopic (exact) mass is 383 g/mol. The maximum Gasteiger partial charge on any atom is 0.257 e. The van der Waals surface area contributed by atoms with Crippen molar-refractivity contribution in [3.8, 4) is 0 Å². The van der Waals surface area contributed by atoms with E-state index in [1.807, 2.05) is 30.3 Å². The molecule has 0 radical (unpaired) electrons. The van der Waals surface area contributed by atoms with E-state index < -0.39 is 0 Å². The van der Waals surface area contributed by atoms with E-state index in [9.17, 15) is 9.18 Å². The molecule has 0 atom stereocenters. The number of hydrogen-bond acceptors (Lipinski definition) is 2. The third kappa shape index (κ3) is 4.03. The number of carbonyl (C=O) groups excluding carboxylic acids is 1. The van der Waals surface area contributed by atoms with Crippen LogP contribution in [0.15, 0.2) is 60.9 Å². The van der Waals surface area contributed by atoms with E-state index in [1.54, 1.807) is 34.1 Å². The first-order valence-corrected chi connectivity index (χ1v) is 9.30. The smallest absolute Gasteiger partial charge is 0.257 e. The highest BCUT2D eigenvalue weighted by Crippen LogP contribution is 2.32. The summed E-state index contributed by atoms with van der Waals surface area (Å²) >= 11 is 6.15. The fourth-order valence-corrected chi connectivity index (χ4v) is 3.33. The van der Waals surface area contributed by atoms with Crippen LogP contribution in [0.2, 0.25) is 5.02 Å². The van der Waals surface area contributed by atoms with E-state index in [-0.39, 0.29) is 24.3 Å². The van der Waals surface area contributed by atoms with Gasteiger partial charge >= 0.3 is 0 Å². The lowest BCUT2D eigenvalue weighted by Gasteiger charge is -2.22. The Morgan fingerprint density at radius 1 is 1.19 bits per heavy atom. The van der Waals surface area contributed by atoms with Gasteiger partial charge in [0.2, 0.25) is 0 Å². The molecule has 1 fully saturated rings. The van der Waals surface area contributed by atoms with Crippen LogP contribution in [0.25, 0.3) is 0 Å². The van der Waals surface area contributed by atoms with Crippen LogP contribution in [0, 0.1) is 5.82 Å². The molecule has 27 heavy (non-hydrogen) atoms. The minimum absolute atomic E-state index is 0.130. The molecule has 1 heterocycles. The third-order valence-electron chi connectivity index (χ3n) is 4.71. The first-order valence-electron chi connectivity index (χ1n) is 8.92. The second kappa shape index (κ2) is 7.53. The molecule has 0 spiro atoms. The predicted molar refractivity (Wildman–Crippen MR) is 102 cm³/mol. The summed E-state index contributed by atoms with van der Waals surface area (Å²) in [6.07, 6.45) is 5.17. The fraction of sp³-hybridized carbons (Fsp3) is 0.238. The average Bonchev–Trinajstić information content (AvgIpc) is 3.40. The van der Waals surface area contributed by atoms with Crippen LogP contribution < -0.4 is 0 Å². The van der Waals surface area contributed by atoms with Crippen molar-refractivity contribution in [3.63, 3.8) is 0 Å². The van der Waals surface area contributed by atoms with E-state index in [0.29, 0.717) is 22.7 Å². The number of carbonyl (C=O) groups is 1. The van der Waals surface area contributed by atoms with Crippen LogP contribution in [0.3, 0.4) is 0 Å². The standard InChI is InChI=1S/C21H19ClFN3O/c22-19-7-4-8-20(23)18(19)14-26(17-9-10-17)21(27)16-11-24-25(13-16)12-15-5-2-1-3-6-15/h1-8,11,13,17H,9-10,12,14H2. The number of aromatic nitrogens is 2. The van der Waals surface area contributed by atoms with Crippen LogP contribution in [0.5, 0.6) is 0 Å². The number of hydrogen-bond donors (Lipinski definition) is 0. The molecule has 3 aromatic rings. The van der Waals surface area contributed by atoms with Gasteiger partial charge in [0.25, 0.3) is 5.91 Å². The summed E-state index contributed by atoms with van der Waals surface area (Å²) in [5, 5.41) is 4.65. The first-order chi connectivity index (χ1) is 13.1. The summed E-state index contributed by atoms with van der Waals surface area (Å²) < 4.78 is 15.9. The van der Waals surface area contributed by atoms with Gasteiger partial charge in [-0.2, -0.15) is 5.10 Å². The van der Waals surface area contributed by atoms with E-state index >= 15 is 0 Å². The van der Waals surface area contributed by atoms with E-state index in [0.717, 1.165) is 18.4 Å². The van der Waals surface area contributed by atoms with Gasteiger partial charge in [-0.3, -0.25) is 9.48 Å². The van der Waals surface area contributed by atoms with Crippen LogP contribution in [-0.2, 0) is 13.1 Å². The topological polar surface area (TPSA) is 38.1 Å². The highest BCUT2D eigenvalue weighted by Gasteiger charge is 2.34. The van der Waals surface area contributed by atoms with Crippen molar-refractivity contribution in [1.82, 2.24) is 14.7 Å². The van der Waals surface area contributed by atoms with E-state index in [2.05, 4.69) is 5.10 Å². The van der Waals surface area contributed by atoms with Crippen LogP contribution in [0.1, 0.15) is 34.3 Å². The zero-order valence-electron chi connectivity index (χ0n) is 14.7. The Bertz CT molecular complexity index is 933. The molecule has 1 amide bonds. The summed E-state index contributed by atoms with van der Waals surface area (Å²) in [7, 11) is 0. The lowest BCUT2D eigenvalue weighted by atomic mass is 10.1. The Balaban J connectivity index is 1.53. The first kappa shape index (κ1) is 17.7. The van der Waals surface area contributed by atoms with Gasteiger partial charge in [-0.15, -0.1) is 0 Å². The number of rotatable bonds is 6. The van der Waals surface area contributed by atoms with Gasteiger partial charge in [-0.25, -0.2) is 4.39 Å². The average molecular weight is 384 g/mol. The molecule has 0 N–H and O–H groups in total. The Morgan fingerprint density at radius 3 is 2.67 bits per heavy atom. The molecule has 0 bridgehead atoms. The van der Waals surface area contributed by atoms with E-state index in [4.69, 9.17) is 11.6 Å². The predicted octanol–water partition coefficient (Wildman–Crippen LogP) is 4.53. The summed E-state index contributed by atoms with van der Waals surface area (Å²) in [6, 6.07) is 14.6. The van der Waals surface area contributed by atoms with Gasteiger partial charge in [-0.1, -0.05) is 48.0 Å². The van der Waals surface area contributed by atoms with Crippen molar-refractivity contribution in [2.45, 2.75) is 32.0 Å². The molecule has 138 valence electrons. The van der Waals surface area contributed by atoms with Crippen molar-refractivity contribution >= 4 is 17.5 Å². The van der Waals surface area contributed by atoms with Crippen LogP contribution in [-0.4, -0.2) is 26.6 Å². The number of amides is 1. The molecule has 4 nitrogen and oxygen atoms in total. The number of benzene rings is 2. The molecular formula is C21H19ClFN3O. The molecule has 1 aromatic heterocycles. The molecule has 0 saturated heterocycles. The van der Waals surface area contributed by atoms with Crippen LogP contribution in [0.4, 0.5) is 4.39 Å². The number of halogens is 2. The summed E-state index contributed by atoms with van der Waals surface area (Å²) in [6.45, 7) is 0.759. The molecule has 1 aliphatic carbocycles. The Hall–Kier alpha value is -2.66. The highest BCUT2D eigenvalue weighted by atomic mass is 35.5. The van der Waals surface area contributed by atoms with Crippen molar-refractivity contribution in [2.75, 3.05) is 0 Å². The van der Waals surface area contributed by atoms with Gasteiger partial charge in [0.15, 0.2) is 0 Å². The SMILES string of the molecule is O=C(c1cnn(Cc2ccccc2)c1)N(Cc1c(F)cccc1Cl)C1CC1. The van der Waals surface area contributed by atoms with Gasteiger partial charge < -0.3 is 4.90 Å². The molecule has 2 aromatic carbocycles. The molecule has 6 heteroatoms. The van der Waals surface area contributed by atoms with Crippen LogP contribution >= 0.6 is 11.6 Å². The normalized spacial score (nSPS) is 13.6. The Morgan fingerprint density at radius 2 is 1.96 bits per heavy atom. The molecule has 0 aliphatic heterocycles. The molecule has 1 saturated carbocycles. The largest absolute Gasteiger partial charge is 0.331 e. The van der Waals surface area contributed by atoms with Crippen molar-refractivity contribution < 1.29 is 9.18 Å². The zero-order chi connectivity index (χ0) is 18.8. The summed E-state index contributed by atoms with van der Waals surface area (Å²) in [4.78, 5) is 14.7. The second-order valence-electron chi connectivity index (χ2n) is 6.78. The van der Waals surface area contributed by atoms with Gasteiger partial charge in [0.1, 0.15) is 5.82 Å². The van der Waals surface area contributed by atoms with Gasteiger partial charge in [-0.05, 0) is 30.5 Å². The van der Waals surface area contributed by atoms with Crippen molar-refractivity contribution in [3.05, 3.63) is 88.5 Å². The van der Waals surface area contributed by atoms with Gasteiger partial charge in [0, 0.05) is 22.8 Å². The summed E-state index contributed by atoms with van der Waals surface area (Å²) in [5.74, 6) is -0.531. The molecule has 4 rings (SSSR count). The lowest BCUT2D eigenvalue weighted by Crippen LogP contribution is -2.32. The van der Waals surface area contributed by atoms with Crippen molar-refractivity contribution in [1.29, 1.82) is 0 Å². The van der Waals surface area contributed by atoms with Crippen molar-refractivity contribution in [2.24, 2.45) is 0 Å². The Labute approximate surface area is 162 Å². The summed E-state index contributed by atoms with van der Waals surface area (Å²) in [5.41, 5.74) is 1.97. The maximum absolute atomic E-state index is 14.2.